The van der Waals surface area contributed by atoms with Gasteiger partial charge in [0.15, 0.2) is 0 Å². The molecule has 94 valence electrons. The van der Waals surface area contributed by atoms with Crippen LogP contribution >= 0.6 is 15.9 Å². The first-order chi connectivity index (χ1) is 9.33. The van der Waals surface area contributed by atoms with Gasteiger partial charge >= 0.3 is 0 Å². The van der Waals surface area contributed by atoms with Crippen molar-refractivity contribution in [1.29, 1.82) is 0 Å². The normalized spacial score (nSPS) is 10.6. The summed E-state index contributed by atoms with van der Waals surface area (Å²) < 4.78 is 6.84. The van der Waals surface area contributed by atoms with Gasteiger partial charge in [-0.1, -0.05) is 40.2 Å². The zero-order chi connectivity index (χ0) is 13.1. The molecule has 0 fully saturated rings. The van der Waals surface area contributed by atoms with Crippen LogP contribution in [0.1, 0.15) is 5.56 Å². The van der Waals surface area contributed by atoms with Gasteiger partial charge in [0.25, 0.3) is 0 Å². The van der Waals surface area contributed by atoms with Gasteiger partial charge in [-0.3, -0.25) is 4.98 Å². The molecular weight excluding hydrogens is 302 g/mol. The third kappa shape index (κ3) is 2.76. The van der Waals surface area contributed by atoms with E-state index in [1.54, 1.807) is 0 Å². The number of benzene rings is 2. The molecule has 2 aromatic carbocycles. The number of aromatic nitrogens is 1. The maximum atomic E-state index is 5.79. The van der Waals surface area contributed by atoms with Crippen molar-refractivity contribution < 1.29 is 4.74 Å². The first-order valence-corrected chi connectivity index (χ1v) is 6.83. The second-order valence-corrected chi connectivity index (χ2v) is 5.15. The van der Waals surface area contributed by atoms with Crippen LogP contribution in [0.5, 0.6) is 5.75 Å². The summed E-state index contributed by atoms with van der Waals surface area (Å²) in [6.07, 6.45) is 1.81. The highest BCUT2D eigenvalue weighted by molar-refractivity contribution is 9.10. The van der Waals surface area contributed by atoms with E-state index in [9.17, 15) is 0 Å². The average molecular weight is 314 g/mol. The SMILES string of the molecule is Brc1ccc(OCc2cccc3cccnc23)cc1. The average Bonchev–Trinajstić information content (AvgIpc) is 2.47. The number of fused-ring (bicyclic) bond motifs is 1. The summed E-state index contributed by atoms with van der Waals surface area (Å²) in [7, 11) is 0. The molecule has 3 aromatic rings. The first-order valence-electron chi connectivity index (χ1n) is 6.04. The van der Waals surface area contributed by atoms with Crippen LogP contribution in [-0.2, 0) is 6.61 Å². The highest BCUT2D eigenvalue weighted by Gasteiger charge is 2.02. The van der Waals surface area contributed by atoms with Crippen LogP contribution in [0.15, 0.2) is 65.3 Å². The van der Waals surface area contributed by atoms with E-state index >= 15 is 0 Å². The Bertz CT molecular complexity index is 689. The molecule has 2 nitrogen and oxygen atoms in total. The quantitative estimate of drug-likeness (QED) is 0.706. The van der Waals surface area contributed by atoms with Crippen molar-refractivity contribution in [2.45, 2.75) is 6.61 Å². The summed E-state index contributed by atoms with van der Waals surface area (Å²) in [4.78, 5) is 4.42. The summed E-state index contributed by atoms with van der Waals surface area (Å²) >= 11 is 3.41. The van der Waals surface area contributed by atoms with Gasteiger partial charge in [-0.05, 0) is 30.3 Å². The van der Waals surface area contributed by atoms with Gasteiger partial charge in [0.1, 0.15) is 12.4 Å². The van der Waals surface area contributed by atoms with E-state index in [2.05, 4.69) is 33.0 Å². The van der Waals surface area contributed by atoms with E-state index in [-0.39, 0.29) is 0 Å². The molecule has 0 aliphatic heterocycles. The number of halogens is 1. The first kappa shape index (κ1) is 12.2. The number of hydrogen-bond acceptors (Lipinski definition) is 2. The van der Waals surface area contributed by atoms with E-state index in [0.717, 1.165) is 26.7 Å². The minimum atomic E-state index is 0.524. The lowest BCUT2D eigenvalue weighted by Gasteiger charge is -2.08. The predicted octanol–water partition coefficient (Wildman–Crippen LogP) is 4.58. The van der Waals surface area contributed by atoms with Gasteiger partial charge < -0.3 is 4.74 Å². The molecule has 0 bridgehead atoms. The van der Waals surface area contributed by atoms with Gasteiger partial charge in [0.05, 0.1) is 5.52 Å². The smallest absolute Gasteiger partial charge is 0.119 e. The number of pyridine rings is 1. The summed E-state index contributed by atoms with van der Waals surface area (Å²) in [5.74, 6) is 0.858. The molecule has 3 rings (SSSR count). The van der Waals surface area contributed by atoms with Crippen LogP contribution in [0.25, 0.3) is 10.9 Å². The molecule has 0 amide bonds. The van der Waals surface area contributed by atoms with Crippen molar-refractivity contribution in [3.63, 3.8) is 0 Å². The molecule has 0 N–H and O–H groups in total. The Labute approximate surface area is 120 Å². The Morgan fingerprint density at radius 3 is 2.58 bits per heavy atom. The zero-order valence-electron chi connectivity index (χ0n) is 10.2. The van der Waals surface area contributed by atoms with Crippen molar-refractivity contribution >= 4 is 26.8 Å². The maximum absolute atomic E-state index is 5.79. The summed E-state index contributed by atoms with van der Waals surface area (Å²) in [6.45, 7) is 0.524. The molecule has 0 saturated heterocycles. The molecule has 1 heterocycles. The fraction of sp³-hybridized carbons (Fsp3) is 0.0625. The third-order valence-corrected chi connectivity index (χ3v) is 3.45. The number of nitrogens with zero attached hydrogens (tertiary/aromatic N) is 1. The maximum Gasteiger partial charge on any atom is 0.119 e. The molecule has 0 radical (unpaired) electrons. The Balaban J connectivity index is 1.84. The number of para-hydroxylation sites is 1. The number of hydrogen-bond donors (Lipinski definition) is 0. The lowest BCUT2D eigenvalue weighted by atomic mass is 10.1. The molecule has 0 spiro atoms. The van der Waals surface area contributed by atoms with Crippen molar-refractivity contribution in [2.24, 2.45) is 0 Å². The molecule has 3 heteroatoms. The van der Waals surface area contributed by atoms with Crippen molar-refractivity contribution in [1.82, 2.24) is 4.98 Å². The van der Waals surface area contributed by atoms with Crippen LogP contribution in [-0.4, -0.2) is 4.98 Å². The Kier molecular flexibility index (Phi) is 3.47. The van der Waals surface area contributed by atoms with E-state index < -0.39 is 0 Å². The van der Waals surface area contributed by atoms with Crippen LogP contribution in [0.2, 0.25) is 0 Å². The second kappa shape index (κ2) is 5.41. The monoisotopic (exact) mass is 313 g/mol. The Hall–Kier alpha value is -1.87. The number of rotatable bonds is 3. The second-order valence-electron chi connectivity index (χ2n) is 4.23. The molecule has 1 aromatic heterocycles. The summed E-state index contributed by atoms with van der Waals surface area (Å²) in [5, 5.41) is 1.14. The highest BCUT2D eigenvalue weighted by Crippen LogP contribution is 2.20. The molecular formula is C16H12BrNO. The Morgan fingerprint density at radius 1 is 0.947 bits per heavy atom. The van der Waals surface area contributed by atoms with Gasteiger partial charge in [0, 0.05) is 21.6 Å². The molecule has 0 unspecified atom stereocenters. The van der Waals surface area contributed by atoms with Crippen LogP contribution < -0.4 is 4.74 Å². The largest absolute Gasteiger partial charge is 0.489 e. The van der Waals surface area contributed by atoms with Crippen LogP contribution in [0.4, 0.5) is 0 Å². The summed E-state index contributed by atoms with van der Waals surface area (Å²) in [5.41, 5.74) is 2.10. The molecule has 0 saturated carbocycles. The van der Waals surface area contributed by atoms with Gasteiger partial charge in [-0.2, -0.15) is 0 Å². The predicted molar refractivity (Wildman–Crippen MR) is 80.2 cm³/mol. The fourth-order valence-electron chi connectivity index (χ4n) is 1.98. The van der Waals surface area contributed by atoms with Crippen molar-refractivity contribution in [2.75, 3.05) is 0 Å². The molecule has 0 aliphatic carbocycles. The van der Waals surface area contributed by atoms with E-state index in [4.69, 9.17) is 4.74 Å². The third-order valence-electron chi connectivity index (χ3n) is 2.92. The standard InChI is InChI=1S/C16H12BrNO/c17-14-6-8-15(9-7-14)19-11-13-4-1-3-12-5-2-10-18-16(12)13/h1-10H,11H2. The van der Waals surface area contributed by atoms with Crippen LogP contribution in [0, 0.1) is 0 Å². The molecule has 0 atom stereocenters. The minimum absolute atomic E-state index is 0.524. The highest BCUT2D eigenvalue weighted by atomic mass is 79.9. The topological polar surface area (TPSA) is 22.1 Å². The number of ether oxygens (including phenoxy) is 1. The molecule has 19 heavy (non-hydrogen) atoms. The zero-order valence-corrected chi connectivity index (χ0v) is 11.8. The lowest BCUT2D eigenvalue weighted by molar-refractivity contribution is 0.307. The van der Waals surface area contributed by atoms with Crippen molar-refractivity contribution in [3.8, 4) is 5.75 Å². The van der Waals surface area contributed by atoms with E-state index in [1.807, 2.05) is 48.7 Å². The van der Waals surface area contributed by atoms with Gasteiger partial charge in [-0.25, -0.2) is 0 Å². The van der Waals surface area contributed by atoms with Gasteiger partial charge in [-0.15, -0.1) is 0 Å². The minimum Gasteiger partial charge on any atom is -0.489 e. The fourth-order valence-corrected chi connectivity index (χ4v) is 2.24. The molecule has 0 aliphatic rings. The summed E-state index contributed by atoms with van der Waals surface area (Å²) in [6, 6.07) is 18.0. The van der Waals surface area contributed by atoms with Gasteiger partial charge in [0.2, 0.25) is 0 Å². The van der Waals surface area contributed by atoms with E-state index in [0.29, 0.717) is 6.61 Å². The van der Waals surface area contributed by atoms with Crippen molar-refractivity contribution in [3.05, 3.63) is 70.8 Å². The van der Waals surface area contributed by atoms with E-state index in [1.165, 1.54) is 0 Å². The Morgan fingerprint density at radius 2 is 1.74 bits per heavy atom. The lowest BCUT2D eigenvalue weighted by Crippen LogP contribution is -1.97. The van der Waals surface area contributed by atoms with Crippen LogP contribution in [0.3, 0.4) is 0 Å².